The molecule has 2 heterocycles. The monoisotopic (exact) mass is 354 g/mol. The molecule has 2 N–H and O–H groups in total. The Hall–Kier alpha value is -2.83. The number of fused-ring (bicyclic) bond motifs is 1. The molecular formula is C19H26N6O. The SMILES string of the molecule is Cc1ccc2nc(C(NC(=O)N(C)CCn3ccnc3)C(C)C)[nH]c2c1. The second kappa shape index (κ2) is 7.59. The van der Waals surface area contributed by atoms with Gasteiger partial charge in [0.2, 0.25) is 0 Å². The Labute approximate surface area is 153 Å². The van der Waals surface area contributed by atoms with Crippen molar-refractivity contribution < 1.29 is 4.79 Å². The van der Waals surface area contributed by atoms with Crippen LogP contribution < -0.4 is 5.32 Å². The van der Waals surface area contributed by atoms with Crippen LogP contribution in [0.1, 0.15) is 31.3 Å². The lowest BCUT2D eigenvalue weighted by Gasteiger charge is -2.25. The maximum absolute atomic E-state index is 12.6. The van der Waals surface area contributed by atoms with Crippen LogP contribution in [0.25, 0.3) is 11.0 Å². The number of hydrogen-bond acceptors (Lipinski definition) is 3. The minimum Gasteiger partial charge on any atom is -0.340 e. The van der Waals surface area contributed by atoms with E-state index < -0.39 is 0 Å². The molecule has 1 atom stereocenters. The van der Waals surface area contributed by atoms with Gasteiger partial charge in [-0.05, 0) is 30.5 Å². The molecule has 0 radical (unpaired) electrons. The first-order valence-corrected chi connectivity index (χ1v) is 8.87. The summed E-state index contributed by atoms with van der Waals surface area (Å²) >= 11 is 0. The molecule has 3 rings (SSSR count). The normalized spacial score (nSPS) is 12.5. The van der Waals surface area contributed by atoms with E-state index in [-0.39, 0.29) is 18.0 Å². The molecule has 26 heavy (non-hydrogen) atoms. The summed E-state index contributed by atoms with van der Waals surface area (Å²) in [5.74, 6) is 1.000. The van der Waals surface area contributed by atoms with Crippen molar-refractivity contribution >= 4 is 17.1 Å². The fourth-order valence-electron chi connectivity index (χ4n) is 2.87. The molecule has 0 spiro atoms. The number of H-pyrrole nitrogens is 1. The van der Waals surface area contributed by atoms with E-state index in [1.807, 2.05) is 22.9 Å². The van der Waals surface area contributed by atoms with Gasteiger partial charge in [0.1, 0.15) is 5.82 Å². The number of carbonyl (C=O) groups excluding carboxylic acids is 1. The molecule has 1 unspecified atom stereocenters. The number of urea groups is 1. The van der Waals surface area contributed by atoms with E-state index in [1.165, 1.54) is 5.56 Å². The van der Waals surface area contributed by atoms with Crippen LogP contribution in [0.4, 0.5) is 4.79 Å². The van der Waals surface area contributed by atoms with Gasteiger partial charge in [-0.25, -0.2) is 14.8 Å². The minimum absolute atomic E-state index is 0.111. The summed E-state index contributed by atoms with van der Waals surface area (Å²) in [6.07, 6.45) is 5.37. The maximum Gasteiger partial charge on any atom is 0.317 e. The van der Waals surface area contributed by atoms with E-state index in [1.54, 1.807) is 24.5 Å². The van der Waals surface area contributed by atoms with Gasteiger partial charge in [0, 0.05) is 32.5 Å². The number of carbonyl (C=O) groups is 1. The second-order valence-electron chi connectivity index (χ2n) is 7.04. The molecule has 0 aliphatic rings. The van der Waals surface area contributed by atoms with Gasteiger partial charge in [-0.15, -0.1) is 0 Å². The highest BCUT2D eigenvalue weighted by Gasteiger charge is 2.23. The van der Waals surface area contributed by atoms with Gasteiger partial charge < -0.3 is 19.8 Å². The van der Waals surface area contributed by atoms with Gasteiger partial charge in [-0.2, -0.15) is 0 Å². The third-order valence-electron chi connectivity index (χ3n) is 4.50. The summed E-state index contributed by atoms with van der Waals surface area (Å²) in [6.45, 7) is 7.52. The van der Waals surface area contributed by atoms with Gasteiger partial charge in [0.25, 0.3) is 0 Å². The zero-order valence-corrected chi connectivity index (χ0v) is 15.7. The molecule has 0 saturated heterocycles. The fraction of sp³-hybridized carbons (Fsp3) is 0.421. The first-order chi connectivity index (χ1) is 12.4. The van der Waals surface area contributed by atoms with Gasteiger partial charge in [-0.1, -0.05) is 19.9 Å². The van der Waals surface area contributed by atoms with Crippen molar-refractivity contribution in [2.24, 2.45) is 5.92 Å². The van der Waals surface area contributed by atoms with E-state index >= 15 is 0 Å². The van der Waals surface area contributed by atoms with Crippen molar-refractivity contribution in [2.45, 2.75) is 33.4 Å². The summed E-state index contributed by atoms with van der Waals surface area (Å²) in [4.78, 5) is 26.3. The predicted molar refractivity (Wildman–Crippen MR) is 102 cm³/mol. The Morgan fingerprint density at radius 3 is 2.88 bits per heavy atom. The topological polar surface area (TPSA) is 78.8 Å². The second-order valence-corrected chi connectivity index (χ2v) is 7.04. The predicted octanol–water partition coefficient (Wildman–Crippen LogP) is 3.11. The molecule has 0 aliphatic heterocycles. The Kier molecular flexibility index (Phi) is 5.25. The summed E-state index contributed by atoms with van der Waals surface area (Å²) in [7, 11) is 1.80. The number of imidazole rings is 2. The largest absolute Gasteiger partial charge is 0.340 e. The smallest absolute Gasteiger partial charge is 0.317 e. The number of hydrogen-bond donors (Lipinski definition) is 2. The van der Waals surface area contributed by atoms with Crippen LogP contribution in [0.5, 0.6) is 0 Å². The number of nitrogens with zero attached hydrogens (tertiary/aromatic N) is 4. The van der Waals surface area contributed by atoms with Crippen LogP contribution in [0, 0.1) is 12.8 Å². The molecule has 7 nitrogen and oxygen atoms in total. The number of nitrogens with one attached hydrogen (secondary N) is 2. The van der Waals surface area contributed by atoms with Crippen molar-refractivity contribution in [1.29, 1.82) is 0 Å². The fourth-order valence-corrected chi connectivity index (χ4v) is 2.87. The first kappa shape index (κ1) is 18.0. The molecule has 0 saturated carbocycles. The third kappa shape index (κ3) is 4.04. The van der Waals surface area contributed by atoms with Crippen molar-refractivity contribution in [3.05, 3.63) is 48.3 Å². The van der Waals surface area contributed by atoms with Crippen LogP contribution >= 0.6 is 0 Å². The Morgan fingerprint density at radius 1 is 1.38 bits per heavy atom. The average Bonchev–Trinajstić information content (AvgIpc) is 3.25. The van der Waals surface area contributed by atoms with E-state index in [0.717, 1.165) is 16.9 Å². The van der Waals surface area contributed by atoms with E-state index in [9.17, 15) is 4.79 Å². The molecule has 0 bridgehead atoms. The van der Waals surface area contributed by atoms with E-state index in [4.69, 9.17) is 0 Å². The average molecular weight is 354 g/mol. The zero-order chi connectivity index (χ0) is 18.7. The summed E-state index contributed by atoms with van der Waals surface area (Å²) in [6, 6.07) is 5.83. The van der Waals surface area contributed by atoms with Crippen molar-refractivity contribution in [1.82, 2.24) is 29.7 Å². The lowest BCUT2D eigenvalue weighted by molar-refractivity contribution is 0.198. The summed E-state index contributed by atoms with van der Waals surface area (Å²) in [5, 5.41) is 3.11. The standard InChI is InChI=1S/C19H26N6O/c1-13(2)17(18-21-15-6-5-14(3)11-16(15)22-18)23-19(26)24(4)9-10-25-8-7-20-12-25/h5-8,11-13,17H,9-10H2,1-4H3,(H,21,22)(H,23,26). The number of likely N-dealkylation sites (N-methyl/N-ethyl adjacent to an activating group) is 1. The zero-order valence-electron chi connectivity index (χ0n) is 15.7. The van der Waals surface area contributed by atoms with Crippen LogP contribution in [-0.2, 0) is 6.54 Å². The number of benzene rings is 1. The highest BCUT2D eigenvalue weighted by Crippen LogP contribution is 2.23. The van der Waals surface area contributed by atoms with Gasteiger partial charge in [0.05, 0.1) is 23.4 Å². The van der Waals surface area contributed by atoms with E-state index in [0.29, 0.717) is 13.1 Å². The molecule has 0 aliphatic carbocycles. The number of rotatable bonds is 6. The maximum atomic E-state index is 12.6. The Balaban J connectivity index is 1.69. The molecule has 7 heteroatoms. The van der Waals surface area contributed by atoms with Crippen LogP contribution in [0.3, 0.4) is 0 Å². The third-order valence-corrected chi connectivity index (χ3v) is 4.50. The van der Waals surface area contributed by atoms with Gasteiger partial charge >= 0.3 is 6.03 Å². The van der Waals surface area contributed by atoms with Crippen molar-refractivity contribution in [2.75, 3.05) is 13.6 Å². The lowest BCUT2D eigenvalue weighted by atomic mass is 10.0. The van der Waals surface area contributed by atoms with Crippen LogP contribution in [-0.4, -0.2) is 44.0 Å². The van der Waals surface area contributed by atoms with Crippen molar-refractivity contribution in [3.63, 3.8) is 0 Å². The number of aryl methyl sites for hydroxylation is 1. The number of aromatic nitrogens is 4. The molecular weight excluding hydrogens is 328 g/mol. The summed E-state index contributed by atoms with van der Waals surface area (Å²) < 4.78 is 1.95. The van der Waals surface area contributed by atoms with Crippen LogP contribution in [0.2, 0.25) is 0 Å². The van der Waals surface area contributed by atoms with Crippen LogP contribution in [0.15, 0.2) is 36.9 Å². The molecule has 0 fully saturated rings. The number of amides is 2. The van der Waals surface area contributed by atoms with E-state index in [2.05, 4.69) is 47.1 Å². The minimum atomic E-state index is -0.175. The molecule has 2 amide bonds. The molecule has 138 valence electrons. The molecule has 1 aromatic carbocycles. The highest BCUT2D eigenvalue weighted by molar-refractivity contribution is 5.77. The van der Waals surface area contributed by atoms with Crippen molar-refractivity contribution in [3.8, 4) is 0 Å². The van der Waals surface area contributed by atoms with Gasteiger partial charge in [-0.3, -0.25) is 0 Å². The van der Waals surface area contributed by atoms with Gasteiger partial charge in [0.15, 0.2) is 0 Å². The Morgan fingerprint density at radius 2 is 2.19 bits per heavy atom. The molecule has 2 aromatic heterocycles. The lowest BCUT2D eigenvalue weighted by Crippen LogP contribution is -2.42. The summed E-state index contributed by atoms with van der Waals surface area (Å²) in [5.41, 5.74) is 3.09. The quantitative estimate of drug-likeness (QED) is 0.714. The highest BCUT2D eigenvalue weighted by atomic mass is 16.2. The number of aromatic amines is 1. The molecule has 3 aromatic rings. The Bertz CT molecular complexity index is 867. The first-order valence-electron chi connectivity index (χ1n) is 8.87.